The van der Waals surface area contributed by atoms with Gasteiger partial charge in [-0.2, -0.15) is 0 Å². The molecule has 1 aliphatic rings. The number of hydrogen-bond donors (Lipinski definition) is 0. The number of nitrogens with zero attached hydrogens (tertiary/aromatic N) is 3. The fraction of sp³-hybridized carbons (Fsp3) is 0.769. The molecule has 0 aliphatic heterocycles. The topological polar surface area (TPSA) is 46.1 Å². The van der Waals surface area contributed by atoms with Crippen LogP contribution >= 0.6 is 23.1 Å². The fourth-order valence-electron chi connectivity index (χ4n) is 2.46. The van der Waals surface area contributed by atoms with E-state index in [-0.39, 0.29) is 11.2 Å². The zero-order valence-corrected chi connectivity index (χ0v) is 13.4. The van der Waals surface area contributed by atoms with E-state index in [1.807, 2.05) is 25.8 Å². The van der Waals surface area contributed by atoms with Crippen molar-refractivity contribution in [1.82, 2.24) is 15.1 Å². The highest BCUT2D eigenvalue weighted by Crippen LogP contribution is 2.29. The van der Waals surface area contributed by atoms with Crippen molar-refractivity contribution < 1.29 is 4.79 Å². The van der Waals surface area contributed by atoms with Crippen LogP contribution in [0.3, 0.4) is 0 Å². The Labute approximate surface area is 123 Å². The van der Waals surface area contributed by atoms with Crippen LogP contribution in [0.2, 0.25) is 0 Å². The average molecular weight is 299 g/mol. The smallest absolute Gasteiger partial charge is 0.235 e. The quantitative estimate of drug-likeness (QED) is 0.801. The molecule has 19 heavy (non-hydrogen) atoms. The van der Waals surface area contributed by atoms with Crippen LogP contribution in [0, 0.1) is 6.92 Å². The van der Waals surface area contributed by atoms with Gasteiger partial charge in [-0.1, -0.05) is 42.4 Å². The molecule has 1 fully saturated rings. The van der Waals surface area contributed by atoms with Crippen molar-refractivity contribution in [2.45, 2.75) is 61.6 Å². The molecule has 106 valence electrons. The molecule has 0 radical (unpaired) electrons. The van der Waals surface area contributed by atoms with Gasteiger partial charge in [0.2, 0.25) is 5.91 Å². The van der Waals surface area contributed by atoms with Crippen LogP contribution in [0.1, 0.15) is 44.0 Å². The lowest BCUT2D eigenvalue weighted by molar-refractivity contribution is -0.131. The van der Waals surface area contributed by atoms with E-state index < -0.39 is 0 Å². The standard InChI is InChI=1S/C13H21N3OS2/c1-9(18-13-15-14-10(2)19-13)12(17)16(3)11-7-5-4-6-8-11/h9,11H,4-8H2,1-3H3. The Morgan fingerprint density at radius 2 is 2.05 bits per heavy atom. The summed E-state index contributed by atoms with van der Waals surface area (Å²) in [6.07, 6.45) is 6.11. The zero-order chi connectivity index (χ0) is 13.8. The second kappa shape index (κ2) is 6.70. The van der Waals surface area contributed by atoms with Gasteiger partial charge in [0, 0.05) is 13.1 Å². The van der Waals surface area contributed by atoms with E-state index >= 15 is 0 Å². The first-order valence-corrected chi connectivity index (χ1v) is 8.51. The van der Waals surface area contributed by atoms with Gasteiger partial charge in [0.25, 0.3) is 0 Å². The maximum absolute atomic E-state index is 12.4. The van der Waals surface area contributed by atoms with E-state index in [9.17, 15) is 4.79 Å². The van der Waals surface area contributed by atoms with Gasteiger partial charge in [-0.3, -0.25) is 4.79 Å². The number of carbonyl (C=O) groups is 1. The van der Waals surface area contributed by atoms with Crippen molar-refractivity contribution in [2.24, 2.45) is 0 Å². The first-order chi connectivity index (χ1) is 9.08. The van der Waals surface area contributed by atoms with Gasteiger partial charge >= 0.3 is 0 Å². The highest BCUT2D eigenvalue weighted by molar-refractivity contribution is 8.02. The van der Waals surface area contributed by atoms with Gasteiger partial charge in [0.05, 0.1) is 5.25 Å². The van der Waals surface area contributed by atoms with Crippen molar-refractivity contribution in [1.29, 1.82) is 0 Å². The Kier molecular flexibility index (Phi) is 5.21. The molecular weight excluding hydrogens is 278 g/mol. The molecule has 4 nitrogen and oxygen atoms in total. The van der Waals surface area contributed by atoms with E-state index in [2.05, 4.69) is 10.2 Å². The predicted octanol–water partition coefficient (Wildman–Crippen LogP) is 3.12. The third kappa shape index (κ3) is 3.92. The number of hydrogen-bond acceptors (Lipinski definition) is 5. The summed E-state index contributed by atoms with van der Waals surface area (Å²) in [7, 11) is 1.95. The molecule has 1 amide bonds. The van der Waals surface area contributed by atoms with Gasteiger partial charge in [-0.15, -0.1) is 10.2 Å². The molecule has 1 heterocycles. The second-order valence-electron chi connectivity index (χ2n) is 5.09. The van der Waals surface area contributed by atoms with E-state index in [1.165, 1.54) is 31.0 Å². The van der Waals surface area contributed by atoms with Crippen LogP contribution in [-0.4, -0.2) is 39.3 Å². The monoisotopic (exact) mass is 299 g/mol. The number of carbonyl (C=O) groups excluding carboxylic acids is 1. The molecule has 0 saturated heterocycles. The Morgan fingerprint density at radius 3 is 2.63 bits per heavy atom. The molecule has 1 aromatic rings. The zero-order valence-electron chi connectivity index (χ0n) is 11.8. The van der Waals surface area contributed by atoms with Crippen molar-refractivity contribution in [3.63, 3.8) is 0 Å². The van der Waals surface area contributed by atoms with Gasteiger partial charge in [-0.25, -0.2) is 0 Å². The minimum Gasteiger partial charge on any atom is -0.342 e. The minimum absolute atomic E-state index is 0.0840. The number of amides is 1. The van der Waals surface area contributed by atoms with Crippen LogP contribution < -0.4 is 0 Å². The van der Waals surface area contributed by atoms with Gasteiger partial charge in [-0.05, 0) is 26.7 Å². The molecule has 1 saturated carbocycles. The fourth-order valence-corrected chi connectivity index (χ4v) is 4.52. The number of aromatic nitrogens is 2. The Morgan fingerprint density at radius 1 is 1.37 bits per heavy atom. The van der Waals surface area contributed by atoms with E-state index in [0.717, 1.165) is 22.2 Å². The second-order valence-corrected chi connectivity index (χ2v) is 7.86. The molecule has 1 atom stereocenters. The highest BCUT2D eigenvalue weighted by atomic mass is 32.2. The van der Waals surface area contributed by atoms with Crippen molar-refractivity contribution in [2.75, 3.05) is 7.05 Å². The first-order valence-electron chi connectivity index (χ1n) is 6.81. The Bertz CT molecular complexity index is 429. The summed E-state index contributed by atoms with van der Waals surface area (Å²) in [6.45, 7) is 3.89. The molecule has 0 bridgehead atoms. The average Bonchev–Trinajstić information content (AvgIpc) is 2.83. The molecule has 0 N–H and O–H groups in total. The minimum atomic E-state index is -0.0840. The largest absolute Gasteiger partial charge is 0.342 e. The third-order valence-corrected chi connectivity index (χ3v) is 5.61. The van der Waals surface area contributed by atoms with E-state index in [0.29, 0.717) is 6.04 Å². The molecule has 1 aromatic heterocycles. The normalized spacial score (nSPS) is 18.3. The number of thioether (sulfide) groups is 1. The van der Waals surface area contributed by atoms with Gasteiger partial charge < -0.3 is 4.90 Å². The summed E-state index contributed by atoms with van der Waals surface area (Å²) in [6, 6.07) is 0.431. The highest BCUT2D eigenvalue weighted by Gasteiger charge is 2.26. The van der Waals surface area contributed by atoms with Gasteiger partial charge in [0.15, 0.2) is 4.34 Å². The van der Waals surface area contributed by atoms with Crippen molar-refractivity contribution in [3.8, 4) is 0 Å². The van der Waals surface area contributed by atoms with Crippen LogP contribution in [-0.2, 0) is 4.79 Å². The molecular formula is C13H21N3OS2. The van der Waals surface area contributed by atoms with Crippen LogP contribution in [0.4, 0.5) is 0 Å². The Balaban J connectivity index is 1.90. The summed E-state index contributed by atoms with van der Waals surface area (Å²) < 4.78 is 0.885. The summed E-state index contributed by atoms with van der Waals surface area (Å²) in [5.74, 6) is 0.213. The predicted molar refractivity (Wildman–Crippen MR) is 79.6 cm³/mol. The molecule has 0 aromatic carbocycles. The van der Waals surface area contributed by atoms with Crippen LogP contribution in [0.25, 0.3) is 0 Å². The lowest BCUT2D eigenvalue weighted by Gasteiger charge is -2.32. The maximum atomic E-state index is 12.4. The van der Waals surface area contributed by atoms with Crippen LogP contribution in [0.5, 0.6) is 0 Å². The molecule has 6 heteroatoms. The number of aryl methyl sites for hydroxylation is 1. The van der Waals surface area contributed by atoms with E-state index in [1.54, 1.807) is 11.3 Å². The lowest BCUT2D eigenvalue weighted by Crippen LogP contribution is -2.42. The molecule has 2 rings (SSSR count). The Hall–Kier alpha value is -0.620. The summed E-state index contributed by atoms with van der Waals surface area (Å²) in [4.78, 5) is 14.4. The van der Waals surface area contributed by atoms with Crippen molar-refractivity contribution in [3.05, 3.63) is 5.01 Å². The molecule has 1 aliphatic carbocycles. The first kappa shape index (κ1) is 14.8. The van der Waals surface area contributed by atoms with Crippen molar-refractivity contribution >= 4 is 29.0 Å². The lowest BCUT2D eigenvalue weighted by atomic mass is 9.94. The summed E-state index contributed by atoms with van der Waals surface area (Å²) in [5, 5.41) is 8.92. The summed E-state index contributed by atoms with van der Waals surface area (Å²) in [5.41, 5.74) is 0. The molecule has 1 unspecified atom stereocenters. The molecule has 0 spiro atoms. The SMILES string of the molecule is Cc1nnc(SC(C)C(=O)N(C)C2CCCCC2)s1. The van der Waals surface area contributed by atoms with Crippen LogP contribution in [0.15, 0.2) is 4.34 Å². The van der Waals surface area contributed by atoms with Gasteiger partial charge in [0.1, 0.15) is 5.01 Å². The maximum Gasteiger partial charge on any atom is 0.235 e. The number of rotatable bonds is 4. The summed E-state index contributed by atoms with van der Waals surface area (Å²) >= 11 is 3.07. The third-order valence-electron chi connectivity index (χ3n) is 3.60. The van der Waals surface area contributed by atoms with E-state index in [4.69, 9.17) is 0 Å².